The number of carbonyl (C=O) groups is 1. The Morgan fingerprint density at radius 2 is 2.26 bits per heavy atom. The van der Waals surface area contributed by atoms with E-state index < -0.39 is 0 Å². The molecular weight excluding hydrogens is 276 g/mol. The number of carbonyl (C=O) groups excluding carboxylic acids is 1. The van der Waals surface area contributed by atoms with Gasteiger partial charge in [0.1, 0.15) is 4.99 Å². The molecule has 19 heavy (non-hydrogen) atoms. The number of hydrogen-bond donors (Lipinski definition) is 2. The molecule has 0 bridgehead atoms. The van der Waals surface area contributed by atoms with Gasteiger partial charge >= 0.3 is 0 Å². The summed E-state index contributed by atoms with van der Waals surface area (Å²) < 4.78 is -0.336. The number of benzene rings is 1. The molecule has 1 heterocycles. The minimum atomic E-state index is -0.336. The van der Waals surface area contributed by atoms with Gasteiger partial charge in [0, 0.05) is 5.56 Å². The van der Waals surface area contributed by atoms with Crippen LogP contribution < -0.4 is 11.1 Å². The normalized spacial score (nSPS) is 22.2. The van der Waals surface area contributed by atoms with Crippen LogP contribution in [0.2, 0.25) is 0 Å². The number of nitrogens with two attached hydrogens (primary N) is 1. The summed E-state index contributed by atoms with van der Waals surface area (Å²) in [5, 5.41) is 2.99. The zero-order valence-corrected chi connectivity index (χ0v) is 12.8. The van der Waals surface area contributed by atoms with Gasteiger partial charge < -0.3 is 11.1 Å². The van der Waals surface area contributed by atoms with Crippen molar-refractivity contribution < 1.29 is 4.79 Å². The van der Waals surface area contributed by atoms with Gasteiger partial charge in [0.25, 0.3) is 0 Å². The van der Waals surface area contributed by atoms with Crippen molar-refractivity contribution in [3.8, 4) is 0 Å². The Labute approximate surface area is 123 Å². The third-order valence-corrected chi connectivity index (χ3v) is 5.19. The number of rotatable bonds is 3. The number of anilines is 1. The van der Waals surface area contributed by atoms with Crippen LogP contribution in [0.3, 0.4) is 0 Å². The molecule has 1 fully saturated rings. The molecular formula is C14H18N2OS2. The zero-order chi connectivity index (χ0) is 14.0. The molecule has 0 saturated carbocycles. The second kappa shape index (κ2) is 5.51. The summed E-state index contributed by atoms with van der Waals surface area (Å²) in [5.41, 5.74) is 8.21. The largest absolute Gasteiger partial charge is 0.389 e. The van der Waals surface area contributed by atoms with Gasteiger partial charge in [-0.3, -0.25) is 4.79 Å². The monoisotopic (exact) mass is 294 g/mol. The van der Waals surface area contributed by atoms with E-state index in [1.54, 1.807) is 11.8 Å². The van der Waals surface area contributed by atoms with Gasteiger partial charge in [-0.05, 0) is 44.1 Å². The van der Waals surface area contributed by atoms with E-state index in [2.05, 4.69) is 5.32 Å². The molecule has 0 aromatic heterocycles. The number of amides is 1. The van der Waals surface area contributed by atoms with Crippen molar-refractivity contribution in [3.05, 3.63) is 29.3 Å². The van der Waals surface area contributed by atoms with Crippen LogP contribution in [0.4, 0.5) is 5.69 Å². The summed E-state index contributed by atoms with van der Waals surface area (Å²) >= 11 is 6.79. The maximum atomic E-state index is 12.4. The smallest absolute Gasteiger partial charge is 0.240 e. The molecule has 1 aliphatic rings. The Morgan fingerprint density at radius 3 is 2.84 bits per heavy atom. The predicted molar refractivity (Wildman–Crippen MR) is 85.8 cm³/mol. The van der Waals surface area contributed by atoms with Crippen molar-refractivity contribution >= 4 is 40.6 Å². The molecule has 1 aromatic carbocycles. The first kappa shape index (κ1) is 14.3. The number of thiocarbonyl (C=S) groups is 1. The highest BCUT2D eigenvalue weighted by Gasteiger charge is 2.37. The lowest BCUT2D eigenvalue weighted by Gasteiger charge is -2.22. The van der Waals surface area contributed by atoms with Crippen LogP contribution in [0.5, 0.6) is 0 Å². The van der Waals surface area contributed by atoms with E-state index in [0.717, 1.165) is 29.7 Å². The van der Waals surface area contributed by atoms with Crippen molar-refractivity contribution in [1.29, 1.82) is 0 Å². The topological polar surface area (TPSA) is 55.1 Å². The van der Waals surface area contributed by atoms with Gasteiger partial charge in [-0.2, -0.15) is 0 Å². The number of hydrogen-bond acceptors (Lipinski definition) is 3. The first-order valence-corrected chi connectivity index (χ1v) is 7.68. The van der Waals surface area contributed by atoms with Gasteiger partial charge in [-0.15, -0.1) is 11.8 Å². The van der Waals surface area contributed by atoms with E-state index >= 15 is 0 Å². The molecule has 1 amide bonds. The van der Waals surface area contributed by atoms with Crippen LogP contribution in [0, 0.1) is 6.92 Å². The first-order valence-electron chi connectivity index (χ1n) is 6.29. The molecule has 1 unspecified atom stereocenters. The Balaban J connectivity index is 2.26. The fraction of sp³-hybridized carbons (Fsp3) is 0.429. The van der Waals surface area contributed by atoms with Crippen molar-refractivity contribution in [2.45, 2.75) is 31.4 Å². The lowest BCUT2D eigenvalue weighted by atomic mass is 10.0. The van der Waals surface area contributed by atoms with E-state index in [1.165, 1.54) is 0 Å². The summed E-state index contributed by atoms with van der Waals surface area (Å²) in [6.07, 6.45) is 2.00. The average Bonchev–Trinajstić information content (AvgIpc) is 2.77. The van der Waals surface area contributed by atoms with Crippen LogP contribution in [-0.2, 0) is 4.79 Å². The van der Waals surface area contributed by atoms with E-state index in [4.69, 9.17) is 18.0 Å². The van der Waals surface area contributed by atoms with Crippen LogP contribution in [0.15, 0.2) is 18.2 Å². The molecule has 3 nitrogen and oxygen atoms in total. The quantitative estimate of drug-likeness (QED) is 0.842. The maximum absolute atomic E-state index is 12.4. The molecule has 3 N–H and O–H groups in total. The summed E-state index contributed by atoms with van der Waals surface area (Å²) in [6.45, 7) is 3.94. The fourth-order valence-corrected chi connectivity index (χ4v) is 3.79. The Morgan fingerprint density at radius 1 is 1.53 bits per heavy atom. The molecule has 1 saturated heterocycles. The average molecular weight is 294 g/mol. The Kier molecular flexibility index (Phi) is 4.16. The first-order chi connectivity index (χ1) is 8.94. The number of aryl methyl sites for hydroxylation is 1. The lowest BCUT2D eigenvalue weighted by molar-refractivity contribution is -0.118. The second-order valence-electron chi connectivity index (χ2n) is 5.00. The van der Waals surface area contributed by atoms with Gasteiger partial charge in [0.15, 0.2) is 0 Å². The highest BCUT2D eigenvalue weighted by Crippen LogP contribution is 2.38. The third kappa shape index (κ3) is 2.92. The minimum absolute atomic E-state index is 0.0399. The maximum Gasteiger partial charge on any atom is 0.240 e. The third-order valence-electron chi connectivity index (χ3n) is 3.47. The molecule has 0 aliphatic carbocycles. The van der Waals surface area contributed by atoms with Crippen molar-refractivity contribution in [2.24, 2.45) is 5.73 Å². The summed E-state index contributed by atoms with van der Waals surface area (Å²) in [5.74, 6) is 1.08. The van der Waals surface area contributed by atoms with E-state index in [1.807, 2.05) is 32.0 Å². The zero-order valence-electron chi connectivity index (χ0n) is 11.2. The lowest BCUT2D eigenvalue weighted by Crippen LogP contribution is -2.35. The summed E-state index contributed by atoms with van der Waals surface area (Å²) in [7, 11) is 0. The summed E-state index contributed by atoms with van der Waals surface area (Å²) in [4.78, 5) is 12.7. The van der Waals surface area contributed by atoms with E-state index in [0.29, 0.717) is 10.7 Å². The van der Waals surface area contributed by atoms with Gasteiger partial charge in [0.2, 0.25) is 5.91 Å². The second-order valence-corrected chi connectivity index (χ2v) is 7.04. The molecule has 1 atom stereocenters. The standard InChI is InChI=1S/C14H18N2OS2/c1-9-5-3-6-10(11(9)12(15)18)16-13(17)14(2)7-4-8-19-14/h3,5-6H,4,7-8H2,1-2H3,(H2,15,18)(H,16,17). The fourth-order valence-electron chi connectivity index (χ4n) is 2.31. The van der Waals surface area contributed by atoms with E-state index in [-0.39, 0.29) is 10.7 Å². The minimum Gasteiger partial charge on any atom is -0.389 e. The Bertz CT molecular complexity index is 522. The van der Waals surface area contributed by atoms with Crippen LogP contribution in [-0.4, -0.2) is 21.4 Å². The van der Waals surface area contributed by atoms with Gasteiger partial charge in [0.05, 0.1) is 10.4 Å². The van der Waals surface area contributed by atoms with E-state index in [9.17, 15) is 4.79 Å². The molecule has 102 valence electrons. The molecule has 1 aromatic rings. The van der Waals surface area contributed by atoms with Crippen LogP contribution >= 0.6 is 24.0 Å². The molecule has 0 spiro atoms. The molecule has 1 aliphatic heterocycles. The molecule has 0 radical (unpaired) electrons. The van der Waals surface area contributed by atoms with Gasteiger partial charge in [-0.1, -0.05) is 24.4 Å². The highest BCUT2D eigenvalue weighted by atomic mass is 32.2. The molecule has 5 heteroatoms. The highest BCUT2D eigenvalue weighted by molar-refractivity contribution is 8.01. The number of thioether (sulfide) groups is 1. The Hall–Kier alpha value is -1.07. The van der Waals surface area contributed by atoms with Crippen molar-refractivity contribution in [3.63, 3.8) is 0 Å². The van der Waals surface area contributed by atoms with Gasteiger partial charge in [-0.25, -0.2) is 0 Å². The van der Waals surface area contributed by atoms with Crippen LogP contribution in [0.1, 0.15) is 30.9 Å². The SMILES string of the molecule is Cc1cccc(NC(=O)C2(C)CCCS2)c1C(N)=S. The summed E-state index contributed by atoms with van der Waals surface area (Å²) in [6, 6.07) is 5.69. The molecule has 2 rings (SSSR count). The van der Waals surface area contributed by atoms with Crippen LogP contribution in [0.25, 0.3) is 0 Å². The number of nitrogens with one attached hydrogen (secondary N) is 1. The predicted octanol–water partition coefficient (Wildman–Crippen LogP) is 2.85. The van der Waals surface area contributed by atoms with Crippen molar-refractivity contribution in [2.75, 3.05) is 11.1 Å². The van der Waals surface area contributed by atoms with Crippen molar-refractivity contribution in [1.82, 2.24) is 0 Å².